The van der Waals surface area contributed by atoms with Crippen molar-refractivity contribution >= 4 is 0 Å². The third-order valence-electron chi connectivity index (χ3n) is 3.53. The molecule has 1 aliphatic rings. The van der Waals surface area contributed by atoms with Crippen LogP contribution in [0.15, 0.2) is 12.1 Å². The van der Waals surface area contributed by atoms with Gasteiger partial charge in [0.15, 0.2) is 0 Å². The fourth-order valence-electron chi connectivity index (χ4n) is 2.57. The molecule has 1 aromatic rings. The van der Waals surface area contributed by atoms with Crippen molar-refractivity contribution in [1.29, 1.82) is 0 Å². The molecule has 1 saturated carbocycles. The molecule has 0 heterocycles. The molecule has 1 N–H and O–H groups in total. The van der Waals surface area contributed by atoms with E-state index < -0.39 is 6.10 Å². The number of hydrogen-bond acceptors (Lipinski definition) is 2. The number of rotatable bonds is 5. The Hall–Kier alpha value is -0.930. The van der Waals surface area contributed by atoms with E-state index in [9.17, 15) is 9.50 Å². The van der Waals surface area contributed by atoms with Gasteiger partial charge in [0.1, 0.15) is 11.9 Å². The Morgan fingerprint density at radius 1 is 1.39 bits per heavy atom. The number of ether oxygens (including phenoxy) is 1. The molecule has 0 aromatic heterocycles. The number of benzene rings is 1. The van der Waals surface area contributed by atoms with Crippen LogP contribution in [-0.2, 0) is 4.74 Å². The minimum Gasteiger partial charge on any atom is -0.386 e. The van der Waals surface area contributed by atoms with E-state index in [1.807, 2.05) is 26.8 Å². The summed E-state index contributed by atoms with van der Waals surface area (Å²) in [4.78, 5) is 0. The van der Waals surface area contributed by atoms with Gasteiger partial charge in [0.2, 0.25) is 0 Å². The standard InChI is InChI=1S/C15H21FO2/c1-4-18-15(11-5-6-11)14(17)13-10(3)7-9(2)8-12(13)16/h7-8,11,14-15,17H,4-6H2,1-3H3. The molecule has 0 radical (unpaired) electrons. The van der Waals surface area contributed by atoms with Gasteiger partial charge in [-0.1, -0.05) is 6.07 Å². The Labute approximate surface area is 108 Å². The van der Waals surface area contributed by atoms with Gasteiger partial charge in [0.05, 0.1) is 6.10 Å². The monoisotopic (exact) mass is 252 g/mol. The second-order valence-corrected chi connectivity index (χ2v) is 5.18. The number of aliphatic hydroxyl groups excluding tert-OH is 1. The van der Waals surface area contributed by atoms with Crippen molar-refractivity contribution in [3.05, 3.63) is 34.6 Å². The molecule has 0 aliphatic heterocycles. The minimum atomic E-state index is -0.863. The number of hydrogen-bond donors (Lipinski definition) is 1. The maximum Gasteiger partial charge on any atom is 0.129 e. The van der Waals surface area contributed by atoms with Crippen LogP contribution in [0.25, 0.3) is 0 Å². The number of halogens is 1. The van der Waals surface area contributed by atoms with Gasteiger partial charge in [-0.3, -0.25) is 0 Å². The van der Waals surface area contributed by atoms with Crippen LogP contribution in [0.2, 0.25) is 0 Å². The van der Waals surface area contributed by atoms with Crippen LogP contribution in [0.1, 0.15) is 42.6 Å². The van der Waals surface area contributed by atoms with Crippen molar-refractivity contribution in [2.75, 3.05) is 6.61 Å². The Kier molecular flexibility index (Phi) is 4.03. The molecule has 100 valence electrons. The van der Waals surface area contributed by atoms with Gasteiger partial charge in [-0.15, -0.1) is 0 Å². The van der Waals surface area contributed by atoms with Crippen molar-refractivity contribution < 1.29 is 14.2 Å². The highest BCUT2D eigenvalue weighted by Gasteiger charge is 2.38. The summed E-state index contributed by atoms with van der Waals surface area (Å²) in [5.41, 5.74) is 2.07. The minimum absolute atomic E-state index is 0.272. The van der Waals surface area contributed by atoms with E-state index in [2.05, 4.69) is 0 Å². The van der Waals surface area contributed by atoms with Crippen LogP contribution in [-0.4, -0.2) is 17.8 Å². The molecular formula is C15H21FO2. The Balaban J connectivity index is 2.28. The van der Waals surface area contributed by atoms with Gasteiger partial charge in [0, 0.05) is 12.2 Å². The highest BCUT2D eigenvalue weighted by Crippen LogP contribution is 2.41. The van der Waals surface area contributed by atoms with E-state index in [1.54, 1.807) is 0 Å². The van der Waals surface area contributed by atoms with E-state index in [1.165, 1.54) is 6.07 Å². The Morgan fingerprint density at radius 3 is 2.56 bits per heavy atom. The summed E-state index contributed by atoms with van der Waals surface area (Å²) < 4.78 is 19.6. The molecule has 1 aromatic carbocycles. The zero-order valence-corrected chi connectivity index (χ0v) is 11.2. The average molecular weight is 252 g/mol. The molecule has 2 rings (SSSR count). The fraction of sp³-hybridized carbons (Fsp3) is 0.600. The van der Waals surface area contributed by atoms with Crippen LogP contribution in [0.5, 0.6) is 0 Å². The molecule has 0 spiro atoms. The van der Waals surface area contributed by atoms with Crippen molar-refractivity contribution in [1.82, 2.24) is 0 Å². The summed E-state index contributed by atoms with van der Waals surface area (Å²) >= 11 is 0. The highest BCUT2D eigenvalue weighted by atomic mass is 19.1. The van der Waals surface area contributed by atoms with E-state index in [0.717, 1.165) is 24.0 Å². The lowest BCUT2D eigenvalue weighted by Gasteiger charge is -2.25. The molecular weight excluding hydrogens is 231 g/mol. The number of aryl methyl sites for hydroxylation is 2. The van der Waals surface area contributed by atoms with Crippen molar-refractivity contribution in [2.45, 2.75) is 45.8 Å². The summed E-state index contributed by atoms with van der Waals surface area (Å²) in [5.74, 6) is 0.0467. The number of aliphatic hydroxyl groups is 1. The molecule has 1 aliphatic carbocycles. The van der Waals surface area contributed by atoms with Crippen molar-refractivity contribution in [2.24, 2.45) is 5.92 Å². The third-order valence-corrected chi connectivity index (χ3v) is 3.53. The first kappa shape index (κ1) is 13.5. The fourth-order valence-corrected chi connectivity index (χ4v) is 2.57. The lowest BCUT2D eigenvalue weighted by atomic mass is 9.95. The van der Waals surface area contributed by atoms with Gasteiger partial charge in [-0.2, -0.15) is 0 Å². The second kappa shape index (κ2) is 5.37. The topological polar surface area (TPSA) is 29.5 Å². The summed E-state index contributed by atoms with van der Waals surface area (Å²) in [5, 5.41) is 10.4. The summed E-state index contributed by atoms with van der Waals surface area (Å²) in [6, 6.07) is 3.37. The Morgan fingerprint density at radius 2 is 2.06 bits per heavy atom. The molecule has 0 saturated heterocycles. The van der Waals surface area contributed by atoms with Crippen LogP contribution in [0.3, 0.4) is 0 Å². The summed E-state index contributed by atoms with van der Waals surface area (Å²) in [6.45, 7) is 6.14. The first-order valence-electron chi connectivity index (χ1n) is 6.61. The maximum absolute atomic E-state index is 14.0. The summed E-state index contributed by atoms with van der Waals surface area (Å²) in [6.07, 6.45) is 0.992. The SMILES string of the molecule is CCOC(C1CC1)C(O)c1c(C)cc(C)cc1F. The molecule has 18 heavy (non-hydrogen) atoms. The molecule has 0 amide bonds. The van der Waals surface area contributed by atoms with Crippen molar-refractivity contribution in [3.8, 4) is 0 Å². The van der Waals surface area contributed by atoms with E-state index in [-0.39, 0.29) is 11.9 Å². The van der Waals surface area contributed by atoms with E-state index in [4.69, 9.17) is 4.74 Å². The third kappa shape index (κ3) is 2.73. The van der Waals surface area contributed by atoms with Gasteiger partial charge in [-0.05, 0) is 56.7 Å². The average Bonchev–Trinajstić information content (AvgIpc) is 3.07. The van der Waals surface area contributed by atoms with Gasteiger partial charge < -0.3 is 9.84 Å². The largest absolute Gasteiger partial charge is 0.386 e. The quantitative estimate of drug-likeness (QED) is 0.871. The molecule has 2 atom stereocenters. The highest BCUT2D eigenvalue weighted by molar-refractivity contribution is 5.34. The lowest BCUT2D eigenvalue weighted by molar-refractivity contribution is -0.0477. The zero-order chi connectivity index (χ0) is 13.3. The predicted molar refractivity (Wildman–Crippen MR) is 69.0 cm³/mol. The lowest BCUT2D eigenvalue weighted by Crippen LogP contribution is -2.26. The van der Waals surface area contributed by atoms with E-state index >= 15 is 0 Å². The van der Waals surface area contributed by atoms with Crippen LogP contribution < -0.4 is 0 Å². The van der Waals surface area contributed by atoms with Gasteiger partial charge >= 0.3 is 0 Å². The molecule has 0 bridgehead atoms. The predicted octanol–water partition coefficient (Wildman–Crippen LogP) is 3.29. The van der Waals surface area contributed by atoms with Gasteiger partial charge in [-0.25, -0.2) is 4.39 Å². The molecule has 1 fully saturated rings. The molecule has 3 heteroatoms. The maximum atomic E-state index is 14.0. The first-order chi connectivity index (χ1) is 8.54. The van der Waals surface area contributed by atoms with E-state index in [0.29, 0.717) is 18.1 Å². The second-order valence-electron chi connectivity index (χ2n) is 5.18. The van der Waals surface area contributed by atoms with Gasteiger partial charge in [0.25, 0.3) is 0 Å². The molecule has 2 unspecified atom stereocenters. The normalized spacial score (nSPS) is 18.7. The molecule has 2 nitrogen and oxygen atoms in total. The first-order valence-corrected chi connectivity index (χ1v) is 6.61. The van der Waals surface area contributed by atoms with Crippen LogP contribution >= 0.6 is 0 Å². The van der Waals surface area contributed by atoms with Crippen LogP contribution in [0.4, 0.5) is 4.39 Å². The smallest absolute Gasteiger partial charge is 0.129 e. The zero-order valence-electron chi connectivity index (χ0n) is 11.2. The summed E-state index contributed by atoms with van der Waals surface area (Å²) in [7, 11) is 0. The Bertz CT molecular complexity index is 403. The van der Waals surface area contributed by atoms with Crippen molar-refractivity contribution in [3.63, 3.8) is 0 Å². The van der Waals surface area contributed by atoms with Crippen LogP contribution in [0, 0.1) is 25.6 Å².